The van der Waals surface area contributed by atoms with Crippen LogP contribution in [0.4, 0.5) is 4.79 Å². The van der Waals surface area contributed by atoms with Crippen molar-refractivity contribution in [2.45, 2.75) is 70.7 Å². The highest BCUT2D eigenvalue weighted by Gasteiger charge is 2.24. The number of aromatic hydroxyl groups is 1. The number of hydrogen-bond acceptors (Lipinski definition) is 5. The molecule has 1 heterocycles. The number of nitrogens with one attached hydrogen (secondary N) is 2. The van der Waals surface area contributed by atoms with Gasteiger partial charge in [0.15, 0.2) is 0 Å². The smallest absolute Gasteiger partial charge is 0.407 e. The Bertz CT molecular complexity index is 503. The number of aromatic nitrogens is 1. The van der Waals surface area contributed by atoms with Crippen molar-refractivity contribution in [3.05, 3.63) is 24.0 Å². The minimum absolute atomic E-state index is 0.183. The molecule has 0 bridgehead atoms. The van der Waals surface area contributed by atoms with E-state index in [2.05, 4.69) is 15.6 Å². The van der Waals surface area contributed by atoms with E-state index in [9.17, 15) is 9.90 Å². The number of hydrogen-bond donors (Lipinski definition) is 3. The summed E-state index contributed by atoms with van der Waals surface area (Å²) in [6.07, 6.45) is 5.04. The van der Waals surface area contributed by atoms with Crippen molar-refractivity contribution in [2.75, 3.05) is 0 Å². The Morgan fingerprint density at radius 2 is 1.91 bits per heavy atom. The van der Waals surface area contributed by atoms with E-state index in [1.165, 1.54) is 6.20 Å². The van der Waals surface area contributed by atoms with Gasteiger partial charge in [0, 0.05) is 18.6 Å². The molecular weight excluding hydrogens is 294 g/mol. The minimum Gasteiger partial charge on any atom is -0.506 e. The van der Waals surface area contributed by atoms with Crippen molar-refractivity contribution in [3.8, 4) is 5.75 Å². The summed E-state index contributed by atoms with van der Waals surface area (Å²) in [5, 5.41) is 15.6. The Balaban J connectivity index is 1.67. The number of amides is 1. The van der Waals surface area contributed by atoms with E-state index in [1.54, 1.807) is 6.07 Å². The topological polar surface area (TPSA) is 83.5 Å². The van der Waals surface area contributed by atoms with Gasteiger partial charge in [0.05, 0.1) is 11.9 Å². The fourth-order valence-corrected chi connectivity index (χ4v) is 2.69. The molecule has 1 amide bonds. The lowest BCUT2D eigenvalue weighted by molar-refractivity contribution is 0.0489. The maximum Gasteiger partial charge on any atom is 0.407 e. The molecule has 0 spiro atoms. The Morgan fingerprint density at radius 3 is 2.48 bits per heavy atom. The van der Waals surface area contributed by atoms with Gasteiger partial charge in [0.1, 0.15) is 11.4 Å². The number of carbonyl (C=O) groups excluding carboxylic acids is 1. The molecule has 0 saturated heterocycles. The predicted molar refractivity (Wildman–Crippen MR) is 88.2 cm³/mol. The van der Waals surface area contributed by atoms with Gasteiger partial charge in [0.25, 0.3) is 0 Å². The van der Waals surface area contributed by atoms with Crippen LogP contribution in [-0.4, -0.2) is 33.9 Å². The van der Waals surface area contributed by atoms with Crippen LogP contribution in [0.25, 0.3) is 0 Å². The SMILES string of the molecule is CC(C)(C)OC(=O)NC1CCC(NCc2ccc(O)cn2)CC1. The fourth-order valence-electron chi connectivity index (χ4n) is 2.69. The summed E-state index contributed by atoms with van der Waals surface area (Å²) in [6, 6.07) is 4.08. The standard InChI is InChI=1S/C17H27N3O3/c1-17(2,3)23-16(22)20-13-6-4-12(5-7-13)18-10-14-8-9-15(21)11-19-14/h8-9,11-13,18,21H,4-7,10H2,1-3H3,(H,20,22). The highest BCUT2D eigenvalue weighted by Crippen LogP contribution is 2.20. The summed E-state index contributed by atoms with van der Waals surface area (Å²) >= 11 is 0. The first kappa shape index (κ1) is 17.5. The summed E-state index contributed by atoms with van der Waals surface area (Å²) in [5.41, 5.74) is 0.455. The normalized spacial score (nSPS) is 21.7. The second kappa shape index (κ2) is 7.64. The number of ether oxygens (including phenoxy) is 1. The van der Waals surface area contributed by atoms with Crippen LogP contribution >= 0.6 is 0 Å². The second-order valence-corrected chi connectivity index (χ2v) is 7.08. The molecule has 6 nitrogen and oxygen atoms in total. The molecule has 3 N–H and O–H groups in total. The molecule has 0 aromatic carbocycles. The fraction of sp³-hybridized carbons (Fsp3) is 0.647. The first-order chi connectivity index (χ1) is 10.8. The largest absolute Gasteiger partial charge is 0.506 e. The summed E-state index contributed by atoms with van der Waals surface area (Å²) in [7, 11) is 0. The van der Waals surface area contributed by atoms with Gasteiger partial charge in [0.2, 0.25) is 0 Å². The van der Waals surface area contributed by atoms with Crippen LogP contribution in [0.15, 0.2) is 18.3 Å². The molecule has 2 rings (SSSR count). The molecule has 6 heteroatoms. The lowest BCUT2D eigenvalue weighted by atomic mass is 9.91. The van der Waals surface area contributed by atoms with Crippen LogP contribution in [-0.2, 0) is 11.3 Å². The van der Waals surface area contributed by atoms with Crippen molar-refractivity contribution >= 4 is 6.09 Å². The maximum atomic E-state index is 11.8. The van der Waals surface area contributed by atoms with E-state index < -0.39 is 5.60 Å². The first-order valence-electron chi connectivity index (χ1n) is 8.18. The summed E-state index contributed by atoms with van der Waals surface area (Å²) in [5.74, 6) is 0.183. The first-order valence-corrected chi connectivity index (χ1v) is 8.18. The zero-order valence-electron chi connectivity index (χ0n) is 14.1. The van der Waals surface area contributed by atoms with E-state index in [4.69, 9.17) is 4.74 Å². The molecule has 0 radical (unpaired) electrons. The number of nitrogens with zero attached hydrogens (tertiary/aromatic N) is 1. The van der Waals surface area contributed by atoms with Crippen molar-refractivity contribution in [1.29, 1.82) is 0 Å². The van der Waals surface area contributed by atoms with Crippen molar-refractivity contribution in [3.63, 3.8) is 0 Å². The molecule has 1 aliphatic carbocycles. The van der Waals surface area contributed by atoms with E-state index in [0.717, 1.165) is 31.4 Å². The van der Waals surface area contributed by atoms with Crippen LogP contribution in [0.1, 0.15) is 52.1 Å². The molecule has 0 atom stereocenters. The molecule has 1 aliphatic rings. The Kier molecular flexibility index (Phi) is 5.82. The minimum atomic E-state index is -0.458. The van der Waals surface area contributed by atoms with Crippen LogP contribution in [0.5, 0.6) is 5.75 Å². The highest BCUT2D eigenvalue weighted by molar-refractivity contribution is 5.68. The number of carbonyl (C=O) groups is 1. The number of rotatable bonds is 4. The van der Waals surface area contributed by atoms with Crippen LogP contribution in [0, 0.1) is 0 Å². The summed E-state index contributed by atoms with van der Waals surface area (Å²) < 4.78 is 5.29. The molecule has 23 heavy (non-hydrogen) atoms. The van der Waals surface area contributed by atoms with Gasteiger partial charge in [-0.1, -0.05) is 0 Å². The van der Waals surface area contributed by atoms with E-state index in [-0.39, 0.29) is 17.9 Å². The number of alkyl carbamates (subject to hydrolysis) is 1. The van der Waals surface area contributed by atoms with Gasteiger partial charge in [-0.3, -0.25) is 4.98 Å². The number of pyridine rings is 1. The predicted octanol–water partition coefficient (Wildman–Crippen LogP) is 2.71. The van der Waals surface area contributed by atoms with Crippen LogP contribution in [0.3, 0.4) is 0 Å². The quantitative estimate of drug-likeness (QED) is 0.794. The maximum absolute atomic E-state index is 11.8. The molecule has 1 aromatic heterocycles. The summed E-state index contributed by atoms with van der Waals surface area (Å²) in [6.45, 7) is 6.29. The lowest BCUT2D eigenvalue weighted by Gasteiger charge is -2.30. The molecule has 0 unspecified atom stereocenters. The van der Waals surface area contributed by atoms with Crippen molar-refractivity contribution in [1.82, 2.24) is 15.6 Å². The van der Waals surface area contributed by atoms with Gasteiger partial charge in [-0.05, 0) is 58.6 Å². The monoisotopic (exact) mass is 321 g/mol. The third-order valence-corrected chi connectivity index (χ3v) is 3.83. The summed E-state index contributed by atoms with van der Waals surface area (Å²) in [4.78, 5) is 15.9. The Morgan fingerprint density at radius 1 is 1.26 bits per heavy atom. The van der Waals surface area contributed by atoms with Crippen molar-refractivity contribution < 1.29 is 14.6 Å². The average Bonchev–Trinajstić information content (AvgIpc) is 2.46. The lowest BCUT2D eigenvalue weighted by Crippen LogP contribution is -2.43. The van der Waals surface area contributed by atoms with Gasteiger partial charge in [-0.15, -0.1) is 0 Å². The van der Waals surface area contributed by atoms with E-state index in [1.807, 2.05) is 26.8 Å². The van der Waals surface area contributed by atoms with E-state index >= 15 is 0 Å². The molecule has 1 fully saturated rings. The Hall–Kier alpha value is -1.82. The van der Waals surface area contributed by atoms with Gasteiger partial charge < -0.3 is 20.5 Å². The van der Waals surface area contributed by atoms with Gasteiger partial charge >= 0.3 is 6.09 Å². The molecule has 128 valence electrons. The van der Waals surface area contributed by atoms with Crippen molar-refractivity contribution in [2.24, 2.45) is 0 Å². The second-order valence-electron chi connectivity index (χ2n) is 7.08. The highest BCUT2D eigenvalue weighted by atomic mass is 16.6. The van der Waals surface area contributed by atoms with E-state index in [0.29, 0.717) is 12.6 Å². The average molecular weight is 321 g/mol. The van der Waals surface area contributed by atoms with Crippen LogP contribution < -0.4 is 10.6 Å². The van der Waals surface area contributed by atoms with Gasteiger partial charge in [-0.25, -0.2) is 4.79 Å². The van der Waals surface area contributed by atoms with Gasteiger partial charge in [-0.2, -0.15) is 0 Å². The van der Waals surface area contributed by atoms with Crippen LogP contribution in [0.2, 0.25) is 0 Å². The molecule has 1 aromatic rings. The third-order valence-electron chi connectivity index (χ3n) is 3.83. The zero-order chi connectivity index (χ0) is 16.9. The molecule has 0 aliphatic heterocycles. The molecule has 1 saturated carbocycles. The zero-order valence-corrected chi connectivity index (χ0v) is 14.1. The Labute approximate surface area is 137 Å². The third kappa shape index (κ3) is 6.44. The molecular formula is C17H27N3O3.